The molecule has 0 spiro atoms. The summed E-state index contributed by atoms with van der Waals surface area (Å²) in [6, 6.07) is 12.2. The summed E-state index contributed by atoms with van der Waals surface area (Å²) < 4.78 is 5.85. The number of halogens is 2. The van der Waals surface area contributed by atoms with E-state index in [0.717, 1.165) is 24.5 Å². The lowest BCUT2D eigenvalue weighted by atomic mass is 10.1. The zero-order chi connectivity index (χ0) is 19.7. The first-order chi connectivity index (χ1) is 12.9. The van der Waals surface area contributed by atoms with Gasteiger partial charge in [-0.25, -0.2) is 4.98 Å². The third kappa shape index (κ3) is 9.71. The number of aromatic nitrogens is 1. The molecule has 0 fully saturated rings. The normalized spacial score (nSPS) is 11.7. The van der Waals surface area contributed by atoms with E-state index < -0.39 is 0 Å². The van der Waals surface area contributed by atoms with Gasteiger partial charge in [0, 0.05) is 26.3 Å². The molecule has 154 valence electrons. The monoisotopic (exact) mass is 516 g/mol. The number of rotatable bonds is 7. The highest BCUT2D eigenvalue weighted by molar-refractivity contribution is 14.0. The Morgan fingerprint density at radius 2 is 1.86 bits per heavy atom. The van der Waals surface area contributed by atoms with Crippen molar-refractivity contribution < 1.29 is 4.74 Å². The third-order valence-electron chi connectivity index (χ3n) is 3.84. The summed E-state index contributed by atoms with van der Waals surface area (Å²) in [4.78, 5) is 8.37. The van der Waals surface area contributed by atoms with E-state index in [-0.39, 0.29) is 29.6 Å². The Balaban J connectivity index is 0.00000392. The van der Waals surface area contributed by atoms with Crippen molar-refractivity contribution in [2.45, 2.75) is 45.9 Å². The molecule has 0 atom stereocenters. The van der Waals surface area contributed by atoms with E-state index in [4.69, 9.17) is 16.3 Å². The second-order valence-electron chi connectivity index (χ2n) is 7.31. The first kappa shape index (κ1) is 24.7. The van der Waals surface area contributed by atoms with Crippen LogP contribution in [0, 0.1) is 0 Å². The summed E-state index contributed by atoms with van der Waals surface area (Å²) in [5.74, 6) is 0.772. The van der Waals surface area contributed by atoms with Crippen LogP contribution in [0.5, 0.6) is 0 Å². The topological polar surface area (TPSA) is 58.5 Å². The summed E-state index contributed by atoms with van der Waals surface area (Å²) >= 11 is 5.81. The standard InChI is InChI=1S/C21H29ClN4O.HI/c1-21(2,3)27-15-18-7-5-6-17(12-18)14-26-20(23-4)24-11-10-16-8-9-19(22)25-13-16;/h5-9,12-13H,10-11,14-15H2,1-4H3,(H2,23,24,26);1H. The number of hydrogen-bond acceptors (Lipinski definition) is 3. The van der Waals surface area contributed by atoms with Crippen molar-refractivity contribution >= 4 is 41.5 Å². The number of nitrogens with zero attached hydrogens (tertiary/aromatic N) is 2. The van der Waals surface area contributed by atoms with Gasteiger partial charge in [0.15, 0.2) is 5.96 Å². The van der Waals surface area contributed by atoms with Gasteiger partial charge in [0.25, 0.3) is 0 Å². The van der Waals surface area contributed by atoms with Gasteiger partial charge in [-0.2, -0.15) is 0 Å². The van der Waals surface area contributed by atoms with Crippen LogP contribution in [-0.2, 0) is 24.3 Å². The van der Waals surface area contributed by atoms with Crippen LogP contribution in [0.3, 0.4) is 0 Å². The fraction of sp³-hybridized carbons (Fsp3) is 0.429. The maximum Gasteiger partial charge on any atom is 0.191 e. The van der Waals surface area contributed by atoms with Gasteiger partial charge in [-0.3, -0.25) is 4.99 Å². The molecule has 0 aliphatic carbocycles. The van der Waals surface area contributed by atoms with Crippen molar-refractivity contribution in [1.29, 1.82) is 0 Å². The summed E-state index contributed by atoms with van der Waals surface area (Å²) in [5.41, 5.74) is 3.35. The maximum atomic E-state index is 5.85. The first-order valence-corrected chi connectivity index (χ1v) is 9.50. The lowest BCUT2D eigenvalue weighted by molar-refractivity contribution is -0.0149. The molecule has 1 aromatic heterocycles. The van der Waals surface area contributed by atoms with Gasteiger partial charge >= 0.3 is 0 Å². The number of ether oxygens (including phenoxy) is 1. The Bertz CT molecular complexity index is 745. The van der Waals surface area contributed by atoms with Crippen LogP contribution in [0.25, 0.3) is 0 Å². The van der Waals surface area contributed by atoms with Crippen LogP contribution in [0.2, 0.25) is 5.15 Å². The molecule has 0 amide bonds. The van der Waals surface area contributed by atoms with E-state index >= 15 is 0 Å². The highest BCUT2D eigenvalue weighted by Crippen LogP contribution is 2.13. The van der Waals surface area contributed by atoms with Crippen molar-refractivity contribution in [3.05, 3.63) is 64.4 Å². The zero-order valence-electron chi connectivity index (χ0n) is 17.0. The van der Waals surface area contributed by atoms with E-state index in [1.807, 2.05) is 6.07 Å². The first-order valence-electron chi connectivity index (χ1n) is 9.12. The van der Waals surface area contributed by atoms with Crippen LogP contribution in [0.1, 0.15) is 37.5 Å². The summed E-state index contributed by atoms with van der Waals surface area (Å²) in [6.45, 7) is 8.27. The minimum atomic E-state index is -0.139. The molecule has 0 saturated heterocycles. The van der Waals surface area contributed by atoms with Crippen LogP contribution in [-0.4, -0.2) is 30.1 Å². The van der Waals surface area contributed by atoms with Crippen molar-refractivity contribution in [3.63, 3.8) is 0 Å². The second-order valence-corrected chi connectivity index (χ2v) is 7.70. The molecule has 28 heavy (non-hydrogen) atoms. The summed E-state index contributed by atoms with van der Waals surface area (Å²) in [6.07, 6.45) is 2.65. The Kier molecular flexibility index (Phi) is 10.8. The molecule has 5 nitrogen and oxygen atoms in total. The molecular weight excluding hydrogens is 487 g/mol. The molecule has 7 heteroatoms. The highest BCUT2D eigenvalue weighted by Gasteiger charge is 2.10. The van der Waals surface area contributed by atoms with Crippen LogP contribution >= 0.6 is 35.6 Å². The summed E-state index contributed by atoms with van der Waals surface area (Å²) in [7, 11) is 1.77. The molecule has 1 heterocycles. The molecule has 0 unspecified atom stereocenters. The van der Waals surface area contributed by atoms with Gasteiger partial charge in [0.1, 0.15) is 5.15 Å². The van der Waals surface area contributed by atoms with Crippen molar-refractivity contribution in [2.75, 3.05) is 13.6 Å². The third-order valence-corrected chi connectivity index (χ3v) is 4.07. The van der Waals surface area contributed by atoms with E-state index in [1.165, 1.54) is 11.1 Å². The van der Waals surface area contributed by atoms with Gasteiger partial charge in [-0.15, -0.1) is 24.0 Å². The Morgan fingerprint density at radius 1 is 1.11 bits per heavy atom. The van der Waals surface area contributed by atoms with Gasteiger partial charge in [-0.05, 0) is 49.9 Å². The number of benzene rings is 1. The van der Waals surface area contributed by atoms with Crippen molar-refractivity contribution in [3.8, 4) is 0 Å². The smallest absolute Gasteiger partial charge is 0.191 e. The van der Waals surface area contributed by atoms with Crippen molar-refractivity contribution in [1.82, 2.24) is 15.6 Å². The van der Waals surface area contributed by atoms with Crippen LogP contribution in [0.4, 0.5) is 0 Å². The van der Waals surface area contributed by atoms with Crippen LogP contribution in [0.15, 0.2) is 47.6 Å². The van der Waals surface area contributed by atoms with Crippen LogP contribution < -0.4 is 10.6 Å². The number of aliphatic imine (C=N–C) groups is 1. The number of pyridine rings is 1. The van der Waals surface area contributed by atoms with Gasteiger partial charge in [0.05, 0.1) is 12.2 Å². The molecule has 0 radical (unpaired) electrons. The molecule has 0 aliphatic heterocycles. The minimum Gasteiger partial charge on any atom is -0.371 e. The van der Waals surface area contributed by atoms with Gasteiger partial charge in [-0.1, -0.05) is 41.9 Å². The fourth-order valence-electron chi connectivity index (χ4n) is 2.42. The molecule has 0 bridgehead atoms. The Hall–Kier alpha value is -1.38. The zero-order valence-corrected chi connectivity index (χ0v) is 20.0. The highest BCUT2D eigenvalue weighted by atomic mass is 127. The SMILES string of the molecule is CN=C(NCCc1ccc(Cl)nc1)NCc1cccc(COC(C)(C)C)c1.I. The van der Waals surface area contributed by atoms with Crippen molar-refractivity contribution in [2.24, 2.45) is 4.99 Å². The molecule has 0 saturated carbocycles. The lowest BCUT2D eigenvalue weighted by Crippen LogP contribution is -2.37. The number of hydrogen-bond donors (Lipinski definition) is 2. The van der Waals surface area contributed by atoms with E-state index in [1.54, 1.807) is 19.3 Å². The Labute approximate surface area is 190 Å². The lowest BCUT2D eigenvalue weighted by Gasteiger charge is -2.19. The maximum absolute atomic E-state index is 5.85. The number of nitrogens with one attached hydrogen (secondary N) is 2. The quantitative estimate of drug-likeness (QED) is 0.245. The van der Waals surface area contributed by atoms with E-state index in [2.05, 4.69) is 65.6 Å². The van der Waals surface area contributed by atoms with Gasteiger partial charge in [0.2, 0.25) is 0 Å². The Morgan fingerprint density at radius 3 is 2.50 bits per heavy atom. The molecule has 2 N–H and O–H groups in total. The minimum absolute atomic E-state index is 0. The molecule has 1 aromatic carbocycles. The molecule has 0 aliphatic rings. The van der Waals surface area contributed by atoms with E-state index in [0.29, 0.717) is 18.3 Å². The summed E-state index contributed by atoms with van der Waals surface area (Å²) in [5, 5.41) is 7.17. The average molecular weight is 517 g/mol. The molecular formula is C21H30ClIN4O. The predicted molar refractivity (Wildman–Crippen MR) is 128 cm³/mol. The fourth-order valence-corrected chi connectivity index (χ4v) is 2.53. The largest absolute Gasteiger partial charge is 0.371 e. The van der Waals surface area contributed by atoms with E-state index in [9.17, 15) is 0 Å². The second kappa shape index (κ2) is 12.2. The predicted octanol–water partition coefficient (Wildman–Crippen LogP) is 4.58. The molecule has 2 aromatic rings. The molecule has 2 rings (SSSR count). The average Bonchev–Trinajstić information content (AvgIpc) is 2.64. The van der Waals surface area contributed by atoms with Gasteiger partial charge < -0.3 is 15.4 Å². The number of guanidine groups is 1.